The summed E-state index contributed by atoms with van der Waals surface area (Å²) >= 11 is 0. The third kappa shape index (κ3) is 6.27. The van der Waals surface area contributed by atoms with Crippen LogP contribution in [0.4, 0.5) is 0 Å². The summed E-state index contributed by atoms with van der Waals surface area (Å²) in [5.74, 6) is 1.93. The predicted molar refractivity (Wildman–Crippen MR) is 71.1 cm³/mol. The van der Waals surface area contributed by atoms with Gasteiger partial charge in [-0.2, -0.15) is 0 Å². The van der Waals surface area contributed by atoms with Crippen molar-refractivity contribution < 1.29 is 4.74 Å². The van der Waals surface area contributed by atoms with Crippen molar-refractivity contribution in [2.75, 3.05) is 13.2 Å². The van der Waals surface area contributed by atoms with Crippen molar-refractivity contribution in [3.8, 4) is 5.88 Å². The molecule has 1 heterocycles. The Morgan fingerprint density at radius 2 is 2.00 bits per heavy atom. The number of hydrogen-bond acceptors (Lipinski definition) is 3. The minimum atomic E-state index is 0.527. The maximum atomic E-state index is 5.60. The molecule has 0 fully saturated rings. The quantitative estimate of drug-likeness (QED) is 0.790. The summed E-state index contributed by atoms with van der Waals surface area (Å²) < 4.78 is 5.60. The summed E-state index contributed by atoms with van der Waals surface area (Å²) in [5, 5.41) is 3.41. The average molecular weight is 236 g/mol. The zero-order valence-corrected chi connectivity index (χ0v) is 11.4. The summed E-state index contributed by atoms with van der Waals surface area (Å²) in [7, 11) is 0. The molecule has 0 spiro atoms. The third-order valence-corrected chi connectivity index (χ3v) is 2.25. The van der Waals surface area contributed by atoms with Crippen LogP contribution in [0, 0.1) is 11.8 Å². The van der Waals surface area contributed by atoms with E-state index in [-0.39, 0.29) is 0 Å². The van der Waals surface area contributed by atoms with E-state index in [0.717, 1.165) is 25.6 Å². The lowest BCUT2D eigenvalue weighted by molar-refractivity contribution is 0.261. The molecule has 96 valence electrons. The van der Waals surface area contributed by atoms with E-state index >= 15 is 0 Å². The molecule has 0 aromatic carbocycles. The van der Waals surface area contributed by atoms with E-state index in [1.807, 2.05) is 18.3 Å². The second kappa shape index (κ2) is 7.28. The Labute approximate surface area is 105 Å². The number of pyridine rings is 1. The van der Waals surface area contributed by atoms with Gasteiger partial charge in [0.2, 0.25) is 5.88 Å². The smallest absolute Gasteiger partial charge is 0.213 e. The first-order valence-electron chi connectivity index (χ1n) is 6.36. The van der Waals surface area contributed by atoms with Crippen molar-refractivity contribution in [2.45, 2.75) is 34.2 Å². The normalized spacial score (nSPS) is 11.2. The summed E-state index contributed by atoms with van der Waals surface area (Å²) in [6, 6.07) is 4.03. The van der Waals surface area contributed by atoms with Crippen molar-refractivity contribution in [1.82, 2.24) is 10.3 Å². The average Bonchev–Trinajstić information content (AvgIpc) is 2.26. The highest BCUT2D eigenvalue weighted by atomic mass is 16.5. The van der Waals surface area contributed by atoms with Crippen molar-refractivity contribution in [1.29, 1.82) is 0 Å². The SMILES string of the molecule is CC(C)CNCc1ccnc(OCC(C)C)c1. The highest BCUT2D eigenvalue weighted by molar-refractivity contribution is 5.20. The lowest BCUT2D eigenvalue weighted by atomic mass is 10.2. The van der Waals surface area contributed by atoms with Gasteiger partial charge in [0.1, 0.15) is 0 Å². The Kier molecular flexibility index (Phi) is 5.98. The molecule has 0 radical (unpaired) electrons. The molecule has 0 atom stereocenters. The van der Waals surface area contributed by atoms with Gasteiger partial charge in [0.05, 0.1) is 6.61 Å². The number of nitrogens with one attached hydrogen (secondary N) is 1. The van der Waals surface area contributed by atoms with Gasteiger partial charge in [-0.3, -0.25) is 0 Å². The summed E-state index contributed by atoms with van der Waals surface area (Å²) in [6.45, 7) is 11.3. The molecule has 1 rings (SSSR count). The summed E-state index contributed by atoms with van der Waals surface area (Å²) in [6.07, 6.45) is 1.81. The molecular weight excluding hydrogens is 212 g/mol. The Morgan fingerprint density at radius 3 is 2.65 bits per heavy atom. The minimum Gasteiger partial charge on any atom is -0.477 e. The van der Waals surface area contributed by atoms with E-state index in [2.05, 4.69) is 38.0 Å². The van der Waals surface area contributed by atoms with Crippen LogP contribution in [0.25, 0.3) is 0 Å². The van der Waals surface area contributed by atoms with Gasteiger partial charge in [-0.1, -0.05) is 27.7 Å². The molecule has 0 aliphatic rings. The highest BCUT2D eigenvalue weighted by Gasteiger charge is 2.01. The number of nitrogens with zero attached hydrogens (tertiary/aromatic N) is 1. The molecule has 0 saturated carbocycles. The largest absolute Gasteiger partial charge is 0.477 e. The molecule has 0 aliphatic heterocycles. The van der Waals surface area contributed by atoms with Gasteiger partial charge in [0.25, 0.3) is 0 Å². The van der Waals surface area contributed by atoms with E-state index in [1.54, 1.807) is 0 Å². The van der Waals surface area contributed by atoms with Gasteiger partial charge in [0, 0.05) is 18.8 Å². The van der Waals surface area contributed by atoms with Crippen molar-refractivity contribution >= 4 is 0 Å². The van der Waals surface area contributed by atoms with Crippen LogP contribution in [0.2, 0.25) is 0 Å². The fourth-order valence-corrected chi connectivity index (χ4v) is 1.40. The first-order valence-corrected chi connectivity index (χ1v) is 6.36. The van der Waals surface area contributed by atoms with E-state index < -0.39 is 0 Å². The molecule has 1 N–H and O–H groups in total. The molecule has 0 aliphatic carbocycles. The summed E-state index contributed by atoms with van der Waals surface area (Å²) in [5.41, 5.74) is 1.22. The van der Waals surface area contributed by atoms with Crippen LogP contribution < -0.4 is 10.1 Å². The van der Waals surface area contributed by atoms with Crippen LogP contribution in [0.5, 0.6) is 5.88 Å². The number of rotatable bonds is 7. The Morgan fingerprint density at radius 1 is 1.24 bits per heavy atom. The molecular formula is C14H24N2O. The van der Waals surface area contributed by atoms with E-state index in [4.69, 9.17) is 4.74 Å². The van der Waals surface area contributed by atoms with Gasteiger partial charge in [-0.15, -0.1) is 0 Å². The first-order chi connectivity index (χ1) is 8.08. The first kappa shape index (κ1) is 14.0. The fraction of sp³-hybridized carbons (Fsp3) is 0.643. The fourth-order valence-electron chi connectivity index (χ4n) is 1.40. The second-order valence-corrected chi connectivity index (χ2v) is 5.23. The third-order valence-electron chi connectivity index (χ3n) is 2.25. The van der Waals surface area contributed by atoms with Gasteiger partial charge in [-0.05, 0) is 30.0 Å². The van der Waals surface area contributed by atoms with Crippen molar-refractivity contribution in [3.05, 3.63) is 23.9 Å². The lowest BCUT2D eigenvalue weighted by Crippen LogP contribution is -2.19. The Balaban J connectivity index is 2.42. The maximum absolute atomic E-state index is 5.60. The molecule has 17 heavy (non-hydrogen) atoms. The van der Waals surface area contributed by atoms with Gasteiger partial charge >= 0.3 is 0 Å². The molecule has 3 nitrogen and oxygen atoms in total. The van der Waals surface area contributed by atoms with Gasteiger partial charge in [-0.25, -0.2) is 4.98 Å². The lowest BCUT2D eigenvalue weighted by Gasteiger charge is -2.10. The Bertz CT molecular complexity index is 324. The standard InChI is InChI=1S/C14H24N2O/c1-11(2)8-15-9-13-5-6-16-14(7-13)17-10-12(3)4/h5-7,11-12,15H,8-10H2,1-4H3. The zero-order valence-electron chi connectivity index (χ0n) is 11.4. The van der Waals surface area contributed by atoms with Crippen LogP contribution in [0.3, 0.4) is 0 Å². The maximum Gasteiger partial charge on any atom is 0.213 e. The van der Waals surface area contributed by atoms with Crippen LogP contribution in [-0.4, -0.2) is 18.1 Å². The number of ether oxygens (including phenoxy) is 1. The molecule has 1 aromatic rings. The van der Waals surface area contributed by atoms with Crippen molar-refractivity contribution in [2.24, 2.45) is 11.8 Å². The zero-order chi connectivity index (χ0) is 12.7. The highest BCUT2D eigenvalue weighted by Crippen LogP contribution is 2.10. The van der Waals surface area contributed by atoms with Crippen LogP contribution in [0.1, 0.15) is 33.3 Å². The molecule has 3 heteroatoms. The predicted octanol–water partition coefficient (Wildman–Crippen LogP) is 2.86. The molecule has 0 saturated heterocycles. The molecule has 0 bridgehead atoms. The number of aromatic nitrogens is 1. The van der Waals surface area contributed by atoms with Crippen LogP contribution in [0.15, 0.2) is 18.3 Å². The molecule has 0 amide bonds. The molecule has 0 unspecified atom stereocenters. The van der Waals surface area contributed by atoms with Crippen molar-refractivity contribution in [3.63, 3.8) is 0 Å². The number of hydrogen-bond donors (Lipinski definition) is 1. The summed E-state index contributed by atoms with van der Waals surface area (Å²) in [4.78, 5) is 4.20. The van der Waals surface area contributed by atoms with Crippen LogP contribution >= 0.6 is 0 Å². The van der Waals surface area contributed by atoms with E-state index in [0.29, 0.717) is 11.8 Å². The topological polar surface area (TPSA) is 34.2 Å². The van der Waals surface area contributed by atoms with E-state index in [9.17, 15) is 0 Å². The van der Waals surface area contributed by atoms with Crippen LogP contribution in [-0.2, 0) is 6.54 Å². The van der Waals surface area contributed by atoms with Gasteiger partial charge < -0.3 is 10.1 Å². The van der Waals surface area contributed by atoms with Gasteiger partial charge in [0.15, 0.2) is 0 Å². The minimum absolute atomic E-state index is 0.527. The molecule has 1 aromatic heterocycles. The Hall–Kier alpha value is -1.09. The monoisotopic (exact) mass is 236 g/mol. The second-order valence-electron chi connectivity index (χ2n) is 5.23. The van der Waals surface area contributed by atoms with E-state index in [1.165, 1.54) is 5.56 Å².